The summed E-state index contributed by atoms with van der Waals surface area (Å²) in [6.45, 7) is 2.92. The fourth-order valence-corrected chi connectivity index (χ4v) is 3.56. The zero-order valence-corrected chi connectivity index (χ0v) is 15.7. The van der Waals surface area contributed by atoms with Crippen molar-refractivity contribution in [2.75, 3.05) is 13.2 Å². The van der Waals surface area contributed by atoms with Gasteiger partial charge in [0, 0.05) is 12.5 Å². The van der Waals surface area contributed by atoms with E-state index in [1.54, 1.807) is 6.92 Å². The minimum Gasteiger partial charge on any atom is -0.480 e. The number of alkyl carbamates (subject to hydrolysis) is 1. The number of rotatable bonds is 7. The summed E-state index contributed by atoms with van der Waals surface area (Å²) in [7, 11) is 0. The van der Waals surface area contributed by atoms with Crippen LogP contribution in [-0.4, -0.2) is 47.3 Å². The smallest absolute Gasteiger partial charge is 0.408 e. The van der Waals surface area contributed by atoms with Gasteiger partial charge in [-0.25, -0.2) is 9.59 Å². The second kappa shape index (κ2) is 8.00. The average Bonchev–Trinajstić information content (AvgIpc) is 2.98. The van der Waals surface area contributed by atoms with Crippen LogP contribution in [0.3, 0.4) is 0 Å². The van der Waals surface area contributed by atoms with Gasteiger partial charge >= 0.3 is 12.1 Å². The lowest BCUT2D eigenvalue weighted by Crippen LogP contribution is -2.57. The standard InChI is InChI=1S/C21H23NO6/c1-3-28-21(2,26)18(19(23)24)22-20(25)27-12-17-15-10-6-4-8-13(15)14-9-5-7-11-16(14)17/h4-11,17-18,26H,3,12H2,1-2H3,(H,22,25)(H,23,24)/t18-,21?/m1/s1. The molecule has 28 heavy (non-hydrogen) atoms. The number of nitrogens with one attached hydrogen (secondary N) is 1. The number of aliphatic hydroxyl groups is 1. The zero-order valence-electron chi connectivity index (χ0n) is 15.7. The van der Waals surface area contributed by atoms with E-state index in [1.165, 1.54) is 6.92 Å². The Kier molecular flexibility index (Phi) is 5.67. The number of carboxylic acids is 1. The van der Waals surface area contributed by atoms with Crippen molar-refractivity contribution in [1.82, 2.24) is 5.32 Å². The molecule has 0 fully saturated rings. The van der Waals surface area contributed by atoms with E-state index in [-0.39, 0.29) is 19.1 Å². The van der Waals surface area contributed by atoms with E-state index in [0.717, 1.165) is 22.3 Å². The normalized spacial score (nSPS) is 15.8. The van der Waals surface area contributed by atoms with E-state index in [9.17, 15) is 19.8 Å². The van der Waals surface area contributed by atoms with Crippen molar-refractivity contribution in [3.8, 4) is 11.1 Å². The molecule has 0 bridgehead atoms. The fourth-order valence-electron chi connectivity index (χ4n) is 3.56. The van der Waals surface area contributed by atoms with Gasteiger partial charge in [-0.05, 0) is 36.1 Å². The Morgan fingerprint density at radius 1 is 1.11 bits per heavy atom. The number of hydrogen-bond acceptors (Lipinski definition) is 5. The number of carboxylic acid groups (broad SMARTS) is 1. The first-order valence-corrected chi connectivity index (χ1v) is 9.05. The highest BCUT2D eigenvalue weighted by Crippen LogP contribution is 2.44. The summed E-state index contributed by atoms with van der Waals surface area (Å²) >= 11 is 0. The molecule has 3 rings (SSSR count). The minimum absolute atomic E-state index is 0.0446. The summed E-state index contributed by atoms with van der Waals surface area (Å²) < 4.78 is 10.3. The third kappa shape index (κ3) is 3.85. The molecule has 2 aromatic carbocycles. The quantitative estimate of drug-likeness (QED) is 0.633. The van der Waals surface area contributed by atoms with Crippen LogP contribution >= 0.6 is 0 Å². The van der Waals surface area contributed by atoms with Crippen LogP contribution in [0.15, 0.2) is 48.5 Å². The molecule has 0 radical (unpaired) electrons. The molecular weight excluding hydrogens is 362 g/mol. The molecule has 0 saturated carbocycles. The van der Waals surface area contributed by atoms with Crippen molar-refractivity contribution in [2.45, 2.75) is 31.6 Å². The molecule has 0 spiro atoms. The molecule has 0 aliphatic heterocycles. The molecule has 1 amide bonds. The van der Waals surface area contributed by atoms with Crippen molar-refractivity contribution in [3.63, 3.8) is 0 Å². The van der Waals surface area contributed by atoms with Gasteiger partial charge in [-0.1, -0.05) is 48.5 Å². The Labute approximate surface area is 162 Å². The molecule has 1 aliphatic rings. The summed E-state index contributed by atoms with van der Waals surface area (Å²) in [6, 6.07) is 14.1. The number of fused-ring (bicyclic) bond motifs is 3. The van der Waals surface area contributed by atoms with Crippen molar-refractivity contribution in [3.05, 3.63) is 59.7 Å². The van der Waals surface area contributed by atoms with Crippen LogP contribution in [0.1, 0.15) is 30.9 Å². The highest BCUT2D eigenvalue weighted by Gasteiger charge is 2.40. The molecule has 2 atom stereocenters. The van der Waals surface area contributed by atoms with E-state index in [2.05, 4.69) is 5.32 Å². The van der Waals surface area contributed by atoms with Crippen LogP contribution < -0.4 is 5.32 Å². The van der Waals surface area contributed by atoms with E-state index in [0.29, 0.717) is 0 Å². The lowest BCUT2D eigenvalue weighted by molar-refractivity contribution is -0.211. The Bertz CT molecular complexity index is 833. The topological polar surface area (TPSA) is 105 Å². The predicted molar refractivity (Wildman–Crippen MR) is 102 cm³/mol. The molecule has 1 aliphatic carbocycles. The van der Waals surface area contributed by atoms with Gasteiger partial charge in [0.15, 0.2) is 11.8 Å². The number of ether oxygens (including phenoxy) is 2. The van der Waals surface area contributed by atoms with E-state index in [4.69, 9.17) is 9.47 Å². The molecule has 7 heteroatoms. The van der Waals surface area contributed by atoms with Crippen molar-refractivity contribution < 1.29 is 29.3 Å². The summed E-state index contributed by atoms with van der Waals surface area (Å²) in [4.78, 5) is 23.7. The molecule has 7 nitrogen and oxygen atoms in total. The first-order chi connectivity index (χ1) is 13.3. The lowest BCUT2D eigenvalue weighted by atomic mass is 9.98. The predicted octanol–water partition coefficient (Wildman–Crippen LogP) is 2.72. The zero-order chi connectivity index (χ0) is 20.3. The number of benzene rings is 2. The van der Waals surface area contributed by atoms with Gasteiger partial charge in [0.1, 0.15) is 6.61 Å². The van der Waals surface area contributed by atoms with Crippen LogP contribution in [0, 0.1) is 0 Å². The van der Waals surface area contributed by atoms with Crippen LogP contribution in [0.2, 0.25) is 0 Å². The van der Waals surface area contributed by atoms with Crippen LogP contribution in [0.25, 0.3) is 11.1 Å². The van der Waals surface area contributed by atoms with E-state index >= 15 is 0 Å². The fraction of sp³-hybridized carbons (Fsp3) is 0.333. The van der Waals surface area contributed by atoms with Gasteiger partial charge in [0.25, 0.3) is 0 Å². The summed E-state index contributed by atoms with van der Waals surface area (Å²) in [5.74, 6) is -3.63. The Morgan fingerprint density at radius 3 is 2.14 bits per heavy atom. The second-order valence-electron chi connectivity index (χ2n) is 6.73. The van der Waals surface area contributed by atoms with Gasteiger partial charge in [-0.3, -0.25) is 0 Å². The minimum atomic E-state index is -2.06. The maximum absolute atomic E-state index is 12.2. The Morgan fingerprint density at radius 2 is 1.64 bits per heavy atom. The number of carbonyl (C=O) groups excluding carboxylic acids is 1. The lowest BCUT2D eigenvalue weighted by Gasteiger charge is -2.29. The van der Waals surface area contributed by atoms with Crippen molar-refractivity contribution in [1.29, 1.82) is 0 Å². The number of hydrogen-bond donors (Lipinski definition) is 3. The van der Waals surface area contributed by atoms with Gasteiger partial charge < -0.3 is 25.0 Å². The molecule has 2 aromatic rings. The molecule has 3 N–H and O–H groups in total. The maximum atomic E-state index is 12.2. The molecule has 0 aromatic heterocycles. The molecule has 1 unspecified atom stereocenters. The maximum Gasteiger partial charge on any atom is 0.408 e. The van der Waals surface area contributed by atoms with E-state index in [1.807, 2.05) is 48.5 Å². The first-order valence-electron chi connectivity index (χ1n) is 9.05. The number of carbonyl (C=O) groups is 2. The van der Waals surface area contributed by atoms with Gasteiger partial charge in [0.05, 0.1) is 0 Å². The third-order valence-corrected chi connectivity index (χ3v) is 4.83. The first kappa shape index (κ1) is 19.9. The van der Waals surface area contributed by atoms with Crippen LogP contribution in [0.4, 0.5) is 4.79 Å². The van der Waals surface area contributed by atoms with Gasteiger partial charge in [0.2, 0.25) is 0 Å². The molecule has 0 saturated heterocycles. The van der Waals surface area contributed by atoms with Gasteiger partial charge in [-0.15, -0.1) is 0 Å². The summed E-state index contributed by atoms with van der Waals surface area (Å²) in [6.07, 6.45) is -0.936. The van der Waals surface area contributed by atoms with Crippen molar-refractivity contribution >= 4 is 12.1 Å². The second-order valence-corrected chi connectivity index (χ2v) is 6.73. The monoisotopic (exact) mass is 385 g/mol. The van der Waals surface area contributed by atoms with Crippen molar-refractivity contribution in [2.24, 2.45) is 0 Å². The number of amides is 1. The van der Waals surface area contributed by atoms with Crippen LogP contribution in [-0.2, 0) is 14.3 Å². The van der Waals surface area contributed by atoms with Crippen LogP contribution in [0.5, 0.6) is 0 Å². The molecule has 148 valence electrons. The Hall–Kier alpha value is -2.90. The largest absolute Gasteiger partial charge is 0.480 e. The SMILES string of the molecule is CCOC(C)(O)[C@H](NC(=O)OCC1c2ccccc2-c2ccccc21)C(=O)O. The van der Waals surface area contributed by atoms with E-state index < -0.39 is 23.9 Å². The highest BCUT2D eigenvalue weighted by molar-refractivity contribution is 5.81. The summed E-state index contributed by atoms with van der Waals surface area (Å²) in [5, 5.41) is 21.7. The van der Waals surface area contributed by atoms with Gasteiger partial charge in [-0.2, -0.15) is 0 Å². The number of aliphatic carboxylic acids is 1. The highest BCUT2D eigenvalue weighted by atomic mass is 16.6. The average molecular weight is 385 g/mol. The molecule has 0 heterocycles. The molecular formula is C21H23NO6. The third-order valence-electron chi connectivity index (χ3n) is 4.83. The summed E-state index contributed by atoms with van der Waals surface area (Å²) in [5.41, 5.74) is 4.28. The Balaban J connectivity index is 1.72.